The summed E-state index contributed by atoms with van der Waals surface area (Å²) in [5, 5.41) is 8.30. The standard InChI is InChI=1S/C11H23N5O3S/c12-20(18,19)16-9-7-14(8-10-16)4-1-11(17)15-5-2-13-3-6-15/h13H,1-10H2,(H2,12,18,19). The van der Waals surface area contributed by atoms with Crippen LogP contribution in [-0.2, 0) is 15.0 Å². The average Bonchev–Trinajstić information content (AvgIpc) is 2.45. The van der Waals surface area contributed by atoms with Crippen LogP contribution in [0, 0.1) is 0 Å². The monoisotopic (exact) mass is 305 g/mol. The second-order valence-electron chi connectivity index (χ2n) is 5.17. The van der Waals surface area contributed by atoms with Crippen LogP contribution in [0.5, 0.6) is 0 Å². The molecular weight excluding hydrogens is 282 g/mol. The fourth-order valence-corrected chi connectivity index (χ4v) is 3.21. The highest BCUT2D eigenvalue weighted by molar-refractivity contribution is 7.86. The molecular formula is C11H23N5O3S. The summed E-state index contributed by atoms with van der Waals surface area (Å²) in [5.74, 6) is 0.181. The van der Waals surface area contributed by atoms with E-state index in [0.717, 1.165) is 26.2 Å². The number of hydrogen-bond acceptors (Lipinski definition) is 5. The van der Waals surface area contributed by atoms with Gasteiger partial charge in [-0.2, -0.15) is 12.7 Å². The molecule has 0 atom stereocenters. The minimum Gasteiger partial charge on any atom is -0.340 e. The lowest BCUT2D eigenvalue weighted by atomic mass is 10.2. The Bertz CT molecular complexity index is 427. The van der Waals surface area contributed by atoms with Gasteiger partial charge in [-0.05, 0) is 0 Å². The van der Waals surface area contributed by atoms with Crippen molar-refractivity contribution in [2.75, 3.05) is 58.9 Å². The molecule has 2 fully saturated rings. The molecule has 2 aliphatic heterocycles. The maximum atomic E-state index is 12.0. The predicted molar refractivity (Wildman–Crippen MR) is 75.2 cm³/mol. The van der Waals surface area contributed by atoms with Gasteiger partial charge in [-0.1, -0.05) is 0 Å². The third kappa shape index (κ3) is 4.38. The van der Waals surface area contributed by atoms with Gasteiger partial charge in [0, 0.05) is 65.3 Å². The zero-order chi connectivity index (χ0) is 14.6. The van der Waals surface area contributed by atoms with Gasteiger partial charge in [-0.15, -0.1) is 0 Å². The smallest absolute Gasteiger partial charge is 0.276 e. The number of hydrogen-bond donors (Lipinski definition) is 2. The number of piperazine rings is 2. The van der Waals surface area contributed by atoms with Crippen LogP contribution in [0.3, 0.4) is 0 Å². The molecule has 0 spiro atoms. The van der Waals surface area contributed by atoms with Crippen molar-refractivity contribution in [3.05, 3.63) is 0 Å². The molecule has 0 radical (unpaired) electrons. The van der Waals surface area contributed by atoms with E-state index in [-0.39, 0.29) is 5.91 Å². The molecule has 2 saturated heterocycles. The van der Waals surface area contributed by atoms with E-state index in [2.05, 4.69) is 10.2 Å². The Balaban J connectivity index is 1.69. The van der Waals surface area contributed by atoms with Crippen LogP contribution in [-0.4, -0.2) is 87.3 Å². The molecule has 116 valence electrons. The molecule has 1 amide bonds. The van der Waals surface area contributed by atoms with Crippen molar-refractivity contribution in [3.8, 4) is 0 Å². The Morgan fingerprint density at radius 1 is 1.05 bits per heavy atom. The van der Waals surface area contributed by atoms with Gasteiger partial charge in [0.25, 0.3) is 10.2 Å². The molecule has 2 heterocycles. The number of amides is 1. The lowest BCUT2D eigenvalue weighted by Crippen LogP contribution is -2.51. The second-order valence-corrected chi connectivity index (χ2v) is 6.71. The van der Waals surface area contributed by atoms with Gasteiger partial charge in [0.1, 0.15) is 0 Å². The number of nitrogens with one attached hydrogen (secondary N) is 1. The van der Waals surface area contributed by atoms with Gasteiger partial charge in [-0.3, -0.25) is 4.79 Å². The van der Waals surface area contributed by atoms with Gasteiger partial charge in [0.2, 0.25) is 5.91 Å². The zero-order valence-electron chi connectivity index (χ0n) is 11.6. The summed E-state index contributed by atoms with van der Waals surface area (Å²) in [4.78, 5) is 16.0. The number of rotatable bonds is 4. The van der Waals surface area contributed by atoms with Gasteiger partial charge in [-0.25, -0.2) is 5.14 Å². The quantitative estimate of drug-likeness (QED) is 0.605. The van der Waals surface area contributed by atoms with Crippen molar-refractivity contribution in [2.45, 2.75) is 6.42 Å². The van der Waals surface area contributed by atoms with Gasteiger partial charge >= 0.3 is 0 Å². The lowest BCUT2D eigenvalue weighted by molar-refractivity contribution is -0.132. The Morgan fingerprint density at radius 2 is 1.65 bits per heavy atom. The lowest BCUT2D eigenvalue weighted by Gasteiger charge is -2.33. The number of carbonyl (C=O) groups excluding carboxylic acids is 1. The summed E-state index contributed by atoms with van der Waals surface area (Å²) >= 11 is 0. The predicted octanol–water partition coefficient (Wildman–Crippen LogP) is -2.37. The largest absolute Gasteiger partial charge is 0.340 e. The van der Waals surface area contributed by atoms with Crippen LogP contribution in [0.2, 0.25) is 0 Å². The maximum absolute atomic E-state index is 12.0. The summed E-state index contributed by atoms with van der Waals surface area (Å²) in [6, 6.07) is 0. The third-order valence-corrected chi connectivity index (χ3v) is 4.89. The van der Waals surface area contributed by atoms with Crippen molar-refractivity contribution in [3.63, 3.8) is 0 Å². The van der Waals surface area contributed by atoms with Crippen LogP contribution in [0.4, 0.5) is 0 Å². The molecule has 0 bridgehead atoms. The normalized spacial score (nSPS) is 22.9. The molecule has 2 rings (SSSR count). The first-order chi connectivity index (χ1) is 9.47. The van der Waals surface area contributed by atoms with Crippen LogP contribution in [0.15, 0.2) is 0 Å². The molecule has 20 heavy (non-hydrogen) atoms. The molecule has 0 aromatic carbocycles. The highest BCUT2D eigenvalue weighted by Gasteiger charge is 2.24. The first-order valence-corrected chi connectivity index (χ1v) is 8.46. The van der Waals surface area contributed by atoms with E-state index in [4.69, 9.17) is 5.14 Å². The van der Waals surface area contributed by atoms with Crippen molar-refractivity contribution in [1.29, 1.82) is 0 Å². The van der Waals surface area contributed by atoms with Crippen molar-refractivity contribution in [2.24, 2.45) is 5.14 Å². The molecule has 3 N–H and O–H groups in total. The van der Waals surface area contributed by atoms with Crippen LogP contribution >= 0.6 is 0 Å². The SMILES string of the molecule is NS(=O)(=O)N1CCN(CCC(=O)N2CCNCC2)CC1. The Labute approximate surface area is 120 Å². The highest BCUT2D eigenvalue weighted by Crippen LogP contribution is 2.06. The number of carbonyl (C=O) groups is 1. The summed E-state index contributed by atoms with van der Waals surface area (Å²) in [6.45, 7) is 6.02. The fraction of sp³-hybridized carbons (Fsp3) is 0.909. The average molecular weight is 305 g/mol. The molecule has 0 aromatic rings. The summed E-state index contributed by atoms with van der Waals surface area (Å²) in [6.07, 6.45) is 0.495. The maximum Gasteiger partial charge on any atom is 0.276 e. The molecule has 0 aliphatic carbocycles. The van der Waals surface area contributed by atoms with Gasteiger partial charge in [0.05, 0.1) is 0 Å². The van der Waals surface area contributed by atoms with Crippen molar-refractivity contribution >= 4 is 16.1 Å². The topological polar surface area (TPSA) is 99.0 Å². The first kappa shape index (κ1) is 15.6. The fourth-order valence-electron chi connectivity index (χ4n) is 2.53. The minimum atomic E-state index is -3.57. The number of nitrogens with zero attached hydrogens (tertiary/aromatic N) is 3. The second kappa shape index (κ2) is 6.81. The van der Waals surface area contributed by atoms with E-state index in [0.29, 0.717) is 39.1 Å². The molecule has 0 unspecified atom stereocenters. The van der Waals surface area contributed by atoms with Crippen molar-refractivity contribution in [1.82, 2.24) is 19.4 Å². The molecule has 8 nitrogen and oxygen atoms in total. The Hall–Kier alpha value is -0.740. The summed E-state index contributed by atoms with van der Waals surface area (Å²) in [7, 11) is -3.57. The van der Waals surface area contributed by atoms with E-state index in [9.17, 15) is 13.2 Å². The van der Waals surface area contributed by atoms with Crippen LogP contribution < -0.4 is 10.5 Å². The van der Waals surface area contributed by atoms with E-state index >= 15 is 0 Å². The van der Waals surface area contributed by atoms with Crippen LogP contribution in [0.1, 0.15) is 6.42 Å². The van der Waals surface area contributed by atoms with Gasteiger partial charge < -0.3 is 15.1 Å². The Morgan fingerprint density at radius 3 is 2.20 bits per heavy atom. The Kier molecular flexibility index (Phi) is 5.33. The first-order valence-electron chi connectivity index (χ1n) is 6.95. The summed E-state index contributed by atoms with van der Waals surface area (Å²) in [5.41, 5.74) is 0. The van der Waals surface area contributed by atoms with E-state index in [1.165, 1.54) is 4.31 Å². The van der Waals surface area contributed by atoms with Gasteiger partial charge in [0.15, 0.2) is 0 Å². The molecule has 9 heteroatoms. The molecule has 0 saturated carbocycles. The van der Waals surface area contributed by atoms with E-state index < -0.39 is 10.2 Å². The molecule has 2 aliphatic rings. The highest BCUT2D eigenvalue weighted by atomic mass is 32.2. The van der Waals surface area contributed by atoms with E-state index in [1.807, 2.05) is 4.90 Å². The third-order valence-electron chi connectivity index (χ3n) is 3.80. The summed E-state index contributed by atoms with van der Waals surface area (Å²) < 4.78 is 23.6. The van der Waals surface area contributed by atoms with E-state index in [1.54, 1.807) is 0 Å². The zero-order valence-corrected chi connectivity index (χ0v) is 12.4. The number of nitrogens with two attached hydrogens (primary N) is 1. The van der Waals surface area contributed by atoms with Crippen LogP contribution in [0.25, 0.3) is 0 Å². The van der Waals surface area contributed by atoms with Crippen molar-refractivity contribution < 1.29 is 13.2 Å². The minimum absolute atomic E-state index is 0.181. The molecule has 0 aromatic heterocycles.